The van der Waals surface area contributed by atoms with Gasteiger partial charge in [-0.2, -0.15) is 5.26 Å². The van der Waals surface area contributed by atoms with Crippen molar-refractivity contribution in [1.82, 2.24) is 10.0 Å². The highest BCUT2D eigenvalue weighted by Gasteiger charge is 2.30. The number of amidine groups is 1. The molecule has 0 spiro atoms. The molecule has 2 aromatic carbocycles. The summed E-state index contributed by atoms with van der Waals surface area (Å²) in [5.74, 6) is -0.355. The zero-order valence-corrected chi connectivity index (χ0v) is 17.2. The molecule has 150 valence electrons. The lowest BCUT2D eigenvalue weighted by Crippen LogP contribution is -2.31. The smallest absolute Gasteiger partial charge is 0.263 e. The second-order valence-corrected chi connectivity index (χ2v) is 9.42. The van der Waals surface area contributed by atoms with Crippen molar-refractivity contribution in [3.63, 3.8) is 0 Å². The van der Waals surface area contributed by atoms with Gasteiger partial charge in [-0.05, 0) is 28.7 Å². The molecule has 0 bridgehead atoms. The standard InChI is InChI=1S/C21H22N4O3S/c1-21(2,3)15-10-8-14(9-11-15)17(12-22)24-19(26)13-23-20-16-6-4-5-7-18(16)29(27,28)25-20/h4-11,17H,13H2,1-3H3,(H,23,25)(H,24,26). The van der Waals surface area contributed by atoms with Gasteiger partial charge < -0.3 is 5.32 Å². The fourth-order valence-corrected chi connectivity index (χ4v) is 4.23. The van der Waals surface area contributed by atoms with Crippen molar-refractivity contribution in [1.29, 1.82) is 5.26 Å². The first kappa shape index (κ1) is 20.6. The number of carbonyl (C=O) groups is 1. The van der Waals surface area contributed by atoms with Crippen LogP contribution in [0.1, 0.15) is 43.5 Å². The van der Waals surface area contributed by atoms with E-state index in [0.29, 0.717) is 11.1 Å². The van der Waals surface area contributed by atoms with Gasteiger partial charge in [0.1, 0.15) is 18.4 Å². The molecule has 3 rings (SSSR count). The van der Waals surface area contributed by atoms with Crippen LogP contribution in [-0.2, 0) is 20.2 Å². The lowest BCUT2D eigenvalue weighted by Gasteiger charge is -2.20. The molecule has 0 saturated carbocycles. The lowest BCUT2D eigenvalue weighted by molar-refractivity contribution is -0.120. The van der Waals surface area contributed by atoms with Gasteiger partial charge in [-0.3, -0.25) is 14.5 Å². The Kier molecular flexibility index (Phi) is 5.44. The molecule has 1 aliphatic heterocycles. The molecule has 0 aliphatic carbocycles. The first-order valence-electron chi connectivity index (χ1n) is 9.08. The van der Waals surface area contributed by atoms with Gasteiger partial charge >= 0.3 is 0 Å². The van der Waals surface area contributed by atoms with Crippen molar-refractivity contribution in [2.24, 2.45) is 4.99 Å². The number of nitrogens with zero attached hydrogens (tertiary/aromatic N) is 2. The van der Waals surface area contributed by atoms with E-state index in [1.165, 1.54) is 6.07 Å². The number of amides is 1. The minimum atomic E-state index is -3.65. The molecular formula is C21H22N4O3S. The largest absolute Gasteiger partial charge is 0.335 e. The Morgan fingerprint density at radius 3 is 2.45 bits per heavy atom. The Bertz CT molecular complexity index is 1110. The van der Waals surface area contributed by atoms with Crippen LogP contribution in [0.4, 0.5) is 0 Å². The molecule has 7 nitrogen and oxygen atoms in total. The molecule has 0 aromatic heterocycles. The maximum absolute atomic E-state index is 12.3. The van der Waals surface area contributed by atoms with Gasteiger partial charge in [0.15, 0.2) is 0 Å². The Hall–Kier alpha value is -3.18. The molecule has 2 N–H and O–H groups in total. The van der Waals surface area contributed by atoms with Crippen LogP contribution in [0.15, 0.2) is 58.4 Å². The zero-order valence-electron chi connectivity index (χ0n) is 16.4. The molecule has 29 heavy (non-hydrogen) atoms. The van der Waals surface area contributed by atoms with Crippen LogP contribution in [0.2, 0.25) is 0 Å². The molecule has 0 fully saturated rings. The topological polar surface area (TPSA) is 111 Å². The molecule has 1 heterocycles. The fourth-order valence-electron chi connectivity index (χ4n) is 2.97. The molecule has 8 heteroatoms. The van der Waals surface area contributed by atoms with E-state index in [0.717, 1.165) is 5.56 Å². The molecular weight excluding hydrogens is 388 g/mol. The third-order valence-corrected chi connectivity index (χ3v) is 5.99. The second kappa shape index (κ2) is 7.68. The van der Waals surface area contributed by atoms with Crippen molar-refractivity contribution in [3.8, 4) is 6.07 Å². The number of aliphatic imine (C=N–C) groups is 1. The third-order valence-electron chi connectivity index (χ3n) is 4.59. The van der Waals surface area contributed by atoms with Gasteiger partial charge in [0.25, 0.3) is 10.0 Å². The maximum atomic E-state index is 12.3. The van der Waals surface area contributed by atoms with Crippen LogP contribution in [0, 0.1) is 11.3 Å². The Morgan fingerprint density at radius 1 is 1.17 bits per heavy atom. The van der Waals surface area contributed by atoms with E-state index in [9.17, 15) is 18.5 Å². The summed E-state index contributed by atoms with van der Waals surface area (Å²) in [6, 6.07) is 15.2. The van der Waals surface area contributed by atoms with E-state index >= 15 is 0 Å². The number of carbonyl (C=O) groups excluding carboxylic acids is 1. The number of fused-ring (bicyclic) bond motifs is 1. The highest BCUT2D eigenvalue weighted by Crippen LogP contribution is 2.24. The number of nitriles is 1. The second-order valence-electron chi connectivity index (χ2n) is 7.77. The van der Waals surface area contributed by atoms with E-state index in [-0.39, 0.29) is 22.7 Å². The van der Waals surface area contributed by atoms with E-state index in [1.54, 1.807) is 18.2 Å². The SMILES string of the molecule is CC(C)(C)c1ccc(C(C#N)NC(=O)CN=C2NS(=O)(=O)c3ccccc32)cc1. The molecule has 1 unspecified atom stereocenters. The summed E-state index contributed by atoms with van der Waals surface area (Å²) >= 11 is 0. The van der Waals surface area contributed by atoms with Gasteiger partial charge in [0.05, 0.1) is 11.0 Å². The summed E-state index contributed by atoms with van der Waals surface area (Å²) in [5.41, 5.74) is 2.22. The molecule has 1 atom stereocenters. The molecule has 1 amide bonds. The van der Waals surface area contributed by atoms with Crippen molar-refractivity contribution in [2.75, 3.05) is 6.54 Å². The van der Waals surface area contributed by atoms with Crippen LogP contribution in [0.3, 0.4) is 0 Å². The van der Waals surface area contributed by atoms with E-state index < -0.39 is 22.0 Å². The summed E-state index contributed by atoms with van der Waals surface area (Å²) in [5, 5.41) is 12.1. The van der Waals surface area contributed by atoms with E-state index in [1.807, 2.05) is 24.3 Å². The summed E-state index contributed by atoms with van der Waals surface area (Å²) in [6.07, 6.45) is 0. The van der Waals surface area contributed by atoms with Crippen molar-refractivity contribution in [2.45, 2.75) is 37.1 Å². The summed E-state index contributed by atoms with van der Waals surface area (Å²) < 4.78 is 26.5. The average Bonchev–Trinajstić information content (AvgIpc) is 2.94. The maximum Gasteiger partial charge on any atom is 0.263 e. The zero-order chi connectivity index (χ0) is 21.2. The first-order valence-corrected chi connectivity index (χ1v) is 10.6. The van der Waals surface area contributed by atoms with Gasteiger partial charge in [-0.15, -0.1) is 0 Å². The van der Waals surface area contributed by atoms with Crippen LogP contribution >= 0.6 is 0 Å². The summed E-state index contributed by atoms with van der Waals surface area (Å²) in [6.45, 7) is 5.99. The lowest BCUT2D eigenvalue weighted by atomic mass is 9.86. The molecule has 0 radical (unpaired) electrons. The van der Waals surface area contributed by atoms with Gasteiger partial charge in [-0.25, -0.2) is 8.42 Å². The first-order chi connectivity index (χ1) is 13.6. The quantitative estimate of drug-likeness (QED) is 0.806. The highest BCUT2D eigenvalue weighted by atomic mass is 32.2. The Morgan fingerprint density at radius 2 is 1.83 bits per heavy atom. The van der Waals surface area contributed by atoms with Crippen molar-refractivity contribution in [3.05, 3.63) is 65.2 Å². The van der Waals surface area contributed by atoms with Crippen LogP contribution in [0.25, 0.3) is 0 Å². The van der Waals surface area contributed by atoms with Crippen LogP contribution < -0.4 is 10.0 Å². The van der Waals surface area contributed by atoms with E-state index in [2.05, 4.69) is 41.9 Å². The number of sulfonamides is 1. The summed E-state index contributed by atoms with van der Waals surface area (Å²) in [4.78, 5) is 16.5. The molecule has 1 aliphatic rings. The summed E-state index contributed by atoms with van der Waals surface area (Å²) in [7, 11) is -3.65. The van der Waals surface area contributed by atoms with Gasteiger partial charge in [-0.1, -0.05) is 57.2 Å². The van der Waals surface area contributed by atoms with E-state index in [4.69, 9.17) is 0 Å². The number of hydrogen-bond donors (Lipinski definition) is 2. The fraction of sp³-hybridized carbons (Fsp3) is 0.286. The van der Waals surface area contributed by atoms with Crippen LogP contribution in [0.5, 0.6) is 0 Å². The molecule has 0 saturated heterocycles. The highest BCUT2D eigenvalue weighted by molar-refractivity contribution is 7.90. The predicted molar refractivity (Wildman–Crippen MR) is 110 cm³/mol. The normalized spacial score (nSPS) is 17.1. The molecule has 2 aromatic rings. The van der Waals surface area contributed by atoms with Crippen LogP contribution in [-0.4, -0.2) is 26.7 Å². The Labute approximate surface area is 170 Å². The van der Waals surface area contributed by atoms with Crippen molar-refractivity contribution < 1.29 is 13.2 Å². The number of benzene rings is 2. The minimum absolute atomic E-state index is 0.00900. The van der Waals surface area contributed by atoms with Gasteiger partial charge in [0, 0.05) is 5.56 Å². The predicted octanol–water partition coefficient (Wildman–Crippen LogP) is 2.40. The third kappa shape index (κ3) is 4.46. The monoisotopic (exact) mass is 410 g/mol. The number of hydrogen-bond acceptors (Lipinski definition) is 5. The number of nitrogens with one attached hydrogen (secondary N) is 2. The average molecular weight is 410 g/mol. The van der Waals surface area contributed by atoms with Gasteiger partial charge in [0.2, 0.25) is 5.91 Å². The minimum Gasteiger partial charge on any atom is -0.335 e. The Balaban J connectivity index is 1.70. The van der Waals surface area contributed by atoms with Crippen molar-refractivity contribution >= 4 is 21.8 Å². The number of rotatable bonds is 4.